The van der Waals surface area contributed by atoms with E-state index in [2.05, 4.69) is 47.4 Å². The van der Waals surface area contributed by atoms with E-state index < -0.39 is 0 Å². The average Bonchev–Trinajstić information content (AvgIpc) is 2.97. The van der Waals surface area contributed by atoms with Crippen LogP contribution in [0.4, 0.5) is 0 Å². The molecule has 0 spiro atoms. The molecule has 5 heteroatoms. The van der Waals surface area contributed by atoms with Gasteiger partial charge in [0.15, 0.2) is 0 Å². The number of pyridine rings is 1. The largest absolute Gasteiger partial charge is 0.314 e. The van der Waals surface area contributed by atoms with Crippen LogP contribution < -0.4 is 5.32 Å². The highest BCUT2D eigenvalue weighted by Crippen LogP contribution is 2.27. The first-order valence-corrected chi connectivity index (χ1v) is 8.71. The number of nitrogens with zero attached hydrogens (tertiary/aromatic N) is 3. The van der Waals surface area contributed by atoms with E-state index in [1.807, 2.05) is 18.5 Å². The van der Waals surface area contributed by atoms with Crippen molar-refractivity contribution < 1.29 is 0 Å². The van der Waals surface area contributed by atoms with Gasteiger partial charge in [-0.1, -0.05) is 26.8 Å². The van der Waals surface area contributed by atoms with E-state index in [-0.39, 0.29) is 5.41 Å². The molecule has 0 saturated carbocycles. The highest BCUT2D eigenvalue weighted by molar-refractivity contribution is 7.09. The van der Waals surface area contributed by atoms with E-state index in [4.69, 9.17) is 4.98 Å². The summed E-state index contributed by atoms with van der Waals surface area (Å²) in [6.45, 7) is 10.6. The van der Waals surface area contributed by atoms with Crippen molar-refractivity contribution in [3.63, 3.8) is 0 Å². The number of rotatable bonds is 3. The minimum Gasteiger partial charge on any atom is -0.314 e. The molecule has 1 unspecified atom stereocenters. The van der Waals surface area contributed by atoms with Gasteiger partial charge < -0.3 is 5.32 Å². The van der Waals surface area contributed by atoms with Crippen LogP contribution in [-0.2, 0) is 12.0 Å². The molecule has 4 nitrogen and oxygen atoms in total. The number of aromatic nitrogens is 2. The summed E-state index contributed by atoms with van der Waals surface area (Å²) in [7, 11) is 0. The minimum atomic E-state index is 0.126. The van der Waals surface area contributed by atoms with Gasteiger partial charge in [-0.2, -0.15) is 0 Å². The highest BCUT2D eigenvalue weighted by atomic mass is 32.1. The SMILES string of the molecule is CC(C)(C)c1csc(CN2CCNCC2c2cccnc2)n1. The van der Waals surface area contributed by atoms with Crippen LogP contribution in [0.15, 0.2) is 29.9 Å². The lowest BCUT2D eigenvalue weighted by molar-refractivity contribution is 0.153. The molecule has 1 aliphatic rings. The van der Waals surface area contributed by atoms with Gasteiger partial charge in [0.2, 0.25) is 0 Å². The molecule has 22 heavy (non-hydrogen) atoms. The lowest BCUT2D eigenvalue weighted by Crippen LogP contribution is -2.45. The van der Waals surface area contributed by atoms with E-state index in [1.165, 1.54) is 16.3 Å². The molecule has 0 aromatic carbocycles. The summed E-state index contributed by atoms with van der Waals surface area (Å²) >= 11 is 1.78. The average molecular weight is 316 g/mol. The van der Waals surface area contributed by atoms with Crippen molar-refractivity contribution in [2.45, 2.75) is 38.8 Å². The molecule has 3 rings (SSSR count). The molecule has 1 atom stereocenters. The molecule has 1 N–H and O–H groups in total. The molecule has 1 aliphatic heterocycles. The van der Waals surface area contributed by atoms with Gasteiger partial charge in [-0.05, 0) is 11.6 Å². The van der Waals surface area contributed by atoms with Crippen LogP contribution in [0, 0.1) is 0 Å². The van der Waals surface area contributed by atoms with Crippen LogP contribution in [0.5, 0.6) is 0 Å². The Labute approximate surface area is 136 Å². The molecule has 2 aromatic rings. The van der Waals surface area contributed by atoms with Crippen LogP contribution in [0.25, 0.3) is 0 Å². The van der Waals surface area contributed by atoms with Crippen molar-refractivity contribution in [2.75, 3.05) is 19.6 Å². The fraction of sp³-hybridized carbons (Fsp3) is 0.529. The zero-order valence-corrected chi connectivity index (χ0v) is 14.4. The molecular formula is C17H24N4S. The molecule has 0 aliphatic carbocycles. The number of hydrogen-bond acceptors (Lipinski definition) is 5. The summed E-state index contributed by atoms with van der Waals surface area (Å²) in [5, 5.41) is 6.91. The lowest BCUT2D eigenvalue weighted by Gasteiger charge is -2.35. The number of nitrogens with one attached hydrogen (secondary N) is 1. The summed E-state index contributed by atoms with van der Waals surface area (Å²) in [5.41, 5.74) is 2.60. The van der Waals surface area contributed by atoms with Crippen LogP contribution in [-0.4, -0.2) is 34.5 Å². The van der Waals surface area contributed by atoms with E-state index in [1.54, 1.807) is 11.3 Å². The van der Waals surface area contributed by atoms with Crippen molar-refractivity contribution in [3.05, 3.63) is 46.2 Å². The third-order valence-corrected chi connectivity index (χ3v) is 4.92. The fourth-order valence-corrected chi connectivity index (χ4v) is 3.78. The molecule has 2 aromatic heterocycles. The van der Waals surface area contributed by atoms with Crippen LogP contribution in [0.2, 0.25) is 0 Å². The van der Waals surface area contributed by atoms with Gasteiger partial charge in [-0.15, -0.1) is 11.3 Å². The maximum atomic E-state index is 4.84. The first kappa shape index (κ1) is 15.6. The molecule has 1 fully saturated rings. The highest BCUT2D eigenvalue weighted by Gasteiger charge is 2.25. The van der Waals surface area contributed by atoms with Crippen molar-refractivity contribution in [1.29, 1.82) is 0 Å². The number of thiazole rings is 1. The minimum absolute atomic E-state index is 0.126. The van der Waals surface area contributed by atoms with Gasteiger partial charge in [0.1, 0.15) is 5.01 Å². The zero-order valence-electron chi connectivity index (χ0n) is 13.5. The Morgan fingerprint density at radius 2 is 2.27 bits per heavy atom. The van der Waals surface area contributed by atoms with Gasteiger partial charge >= 0.3 is 0 Å². The molecule has 0 amide bonds. The van der Waals surface area contributed by atoms with E-state index in [0.29, 0.717) is 6.04 Å². The second-order valence-corrected chi connectivity index (χ2v) is 7.80. The maximum absolute atomic E-state index is 4.84. The third-order valence-electron chi connectivity index (χ3n) is 4.08. The van der Waals surface area contributed by atoms with Crippen molar-refractivity contribution in [1.82, 2.24) is 20.2 Å². The number of piperazine rings is 1. The molecule has 3 heterocycles. The second-order valence-electron chi connectivity index (χ2n) is 6.85. The summed E-state index contributed by atoms with van der Waals surface area (Å²) in [5.74, 6) is 0. The summed E-state index contributed by atoms with van der Waals surface area (Å²) in [6.07, 6.45) is 3.81. The predicted molar refractivity (Wildman–Crippen MR) is 91.1 cm³/mol. The second kappa shape index (κ2) is 6.44. The first-order chi connectivity index (χ1) is 10.5. The van der Waals surface area contributed by atoms with Gasteiger partial charge in [-0.3, -0.25) is 9.88 Å². The Morgan fingerprint density at radius 1 is 1.41 bits per heavy atom. The van der Waals surface area contributed by atoms with Gasteiger partial charge in [-0.25, -0.2) is 4.98 Å². The monoisotopic (exact) mass is 316 g/mol. The maximum Gasteiger partial charge on any atom is 0.107 e. The normalized spacial score (nSPS) is 20.2. The van der Waals surface area contributed by atoms with Crippen molar-refractivity contribution >= 4 is 11.3 Å². The Hall–Kier alpha value is -1.30. The molecule has 118 valence electrons. The first-order valence-electron chi connectivity index (χ1n) is 7.83. The standard InChI is InChI=1S/C17H24N4S/c1-17(2,3)15-12-22-16(20-15)11-21-8-7-19-10-14(21)13-5-4-6-18-9-13/h4-6,9,12,14,19H,7-8,10-11H2,1-3H3. The third kappa shape index (κ3) is 3.54. The Morgan fingerprint density at radius 3 is 2.95 bits per heavy atom. The van der Waals surface area contributed by atoms with Gasteiger partial charge in [0, 0.05) is 48.9 Å². The Kier molecular flexibility index (Phi) is 4.57. The summed E-state index contributed by atoms with van der Waals surface area (Å²) in [4.78, 5) is 11.6. The van der Waals surface area contributed by atoms with Gasteiger partial charge in [0.25, 0.3) is 0 Å². The van der Waals surface area contributed by atoms with Gasteiger partial charge in [0.05, 0.1) is 12.2 Å². The zero-order chi connectivity index (χ0) is 15.6. The fourth-order valence-electron chi connectivity index (χ4n) is 2.74. The smallest absolute Gasteiger partial charge is 0.107 e. The van der Waals surface area contributed by atoms with Crippen LogP contribution in [0.1, 0.15) is 43.1 Å². The molecule has 1 saturated heterocycles. The Balaban J connectivity index is 1.76. The summed E-state index contributed by atoms with van der Waals surface area (Å²) < 4.78 is 0. The lowest BCUT2D eigenvalue weighted by atomic mass is 9.93. The Bertz CT molecular complexity index is 603. The van der Waals surface area contributed by atoms with E-state index >= 15 is 0 Å². The van der Waals surface area contributed by atoms with Crippen LogP contribution in [0.3, 0.4) is 0 Å². The van der Waals surface area contributed by atoms with E-state index in [0.717, 1.165) is 26.2 Å². The van der Waals surface area contributed by atoms with Crippen molar-refractivity contribution in [2.24, 2.45) is 0 Å². The molecule has 0 radical (unpaired) electrons. The van der Waals surface area contributed by atoms with E-state index in [9.17, 15) is 0 Å². The van der Waals surface area contributed by atoms with Crippen LogP contribution >= 0.6 is 11.3 Å². The van der Waals surface area contributed by atoms with Crippen molar-refractivity contribution in [3.8, 4) is 0 Å². The molecule has 0 bridgehead atoms. The summed E-state index contributed by atoms with van der Waals surface area (Å²) in [6, 6.07) is 4.56. The number of hydrogen-bond donors (Lipinski definition) is 1. The predicted octanol–water partition coefficient (Wildman–Crippen LogP) is 2.98. The molecular weight excluding hydrogens is 292 g/mol. The quantitative estimate of drug-likeness (QED) is 0.945. The topological polar surface area (TPSA) is 41.0 Å².